The number of aldehydes is 1. The molecule has 0 aliphatic heterocycles. The first-order chi connectivity index (χ1) is 10.7. The standard InChI is InChI=1S/C18H18O4/c1-21-17-5-3-4-14(18(17)22-2)6-7-15(12-19)13-8-10-16(20)11-9-13/h3-5,7-12,20H,6H2,1-2H3. The number of phenolic OH excluding ortho intramolecular Hbond substituents is 1. The van der Waals surface area contributed by atoms with Crippen LogP contribution >= 0.6 is 0 Å². The molecule has 0 radical (unpaired) electrons. The van der Waals surface area contributed by atoms with Gasteiger partial charge in [-0.1, -0.05) is 30.3 Å². The van der Waals surface area contributed by atoms with Crippen molar-refractivity contribution in [1.82, 2.24) is 0 Å². The smallest absolute Gasteiger partial charge is 0.164 e. The van der Waals surface area contributed by atoms with Gasteiger partial charge in [0.1, 0.15) is 12.0 Å². The van der Waals surface area contributed by atoms with Gasteiger partial charge in [0.25, 0.3) is 0 Å². The fourth-order valence-corrected chi connectivity index (χ4v) is 2.22. The third-order valence-electron chi connectivity index (χ3n) is 3.35. The van der Waals surface area contributed by atoms with Crippen molar-refractivity contribution in [2.24, 2.45) is 0 Å². The second-order valence-corrected chi connectivity index (χ2v) is 4.68. The second kappa shape index (κ2) is 7.31. The highest BCUT2D eigenvalue weighted by atomic mass is 16.5. The minimum absolute atomic E-state index is 0.170. The molecule has 0 atom stereocenters. The molecule has 4 heteroatoms. The van der Waals surface area contributed by atoms with Gasteiger partial charge in [0, 0.05) is 11.1 Å². The normalized spacial score (nSPS) is 11.1. The Bertz CT molecular complexity index is 672. The van der Waals surface area contributed by atoms with E-state index in [4.69, 9.17) is 9.47 Å². The molecule has 114 valence electrons. The summed E-state index contributed by atoms with van der Waals surface area (Å²) < 4.78 is 10.6. The largest absolute Gasteiger partial charge is 0.508 e. The van der Waals surface area contributed by atoms with Crippen molar-refractivity contribution in [3.63, 3.8) is 0 Å². The molecule has 0 fully saturated rings. The van der Waals surface area contributed by atoms with Gasteiger partial charge in [0.2, 0.25) is 0 Å². The monoisotopic (exact) mass is 298 g/mol. The molecule has 0 heterocycles. The van der Waals surface area contributed by atoms with Crippen LogP contribution in [0.1, 0.15) is 11.1 Å². The first-order valence-electron chi connectivity index (χ1n) is 6.84. The molecule has 0 aliphatic carbocycles. The van der Waals surface area contributed by atoms with E-state index >= 15 is 0 Å². The predicted octanol–water partition coefficient (Wildman–Crippen LogP) is 3.23. The Labute approximate surface area is 129 Å². The Morgan fingerprint density at radius 2 is 1.82 bits per heavy atom. The molecule has 0 amide bonds. The maximum atomic E-state index is 11.3. The van der Waals surface area contributed by atoms with Crippen molar-refractivity contribution in [1.29, 1.82) is 0 Å². The SMILES string of the molecule is COc1cccc(CC=C(C=O)c2ccc(O)cc2)c1OC. The summed E-state index contributed by atoms with van der Waals surface area (Å²) >= 11 is 0. The first kappa shape index (κ1) is 15.6. The molecule has 1 N–H and O–H groups in total. The van der Waals surface area contributed by atoms with Gasteiger partial charge in [0.15, 0.2) is 11.5 Å². The number of carbonyl (C=O) groups excluding carboxylic acids is 1. The van der Waals surface area contributed by atoms with Crippen LogP contribution in [0.2, 0.25) is 0 Å². The van der Waals surface area contributed by atoms with Gasteiger partial charge in [-0.05, 0) is 30.2 Å². The van der Waals surface area contributed by atoms with Gasteiger partial charge in [-0.15, -0.1) is 0 Å². The first-order valence-corrected chi connectivity index (χ1v) is 6.84. The van der Waals surface area contributed by atoms with Crippen LogP contribution in [0.4, 0.5) is 0 Å². The fraction of sp³-hybridized carbons (Fsp3) is 0.167. The molecule has 22 heavy (non-hydrogen) atoms. The molecular weight excluding hydrogens is 280 g/mol. The van der Waals surface area contributed by atoms with Crippen molar-refractivity contribution >= 4 is 11.9 Å². The molecule has 2 aromatic rings. The summed E-state index contributed by atoms with van der Waals surface area (Å²) in [6.07, 6.45) is 3.17. The van der Waals surface area contributed by atoms with E-state index in [0.717, 1.165) is 17.4 Å². The Balaban J connectivity index is 2.29. The quantitative estimate of drug-likeness (QED) is 0.657. The zero-order valence-corrected chi connectivity index (χ0v) is 12.6. The number of aromatic hydroxyl groups is 1. The Morgan fingerprint density at radius 3 is 2.41 bits per heavy atom. The van der Waals surface area contributed by atoms with E-state index in [1.807, 2.05) is 24.3 Å². The van der Waals surface area contributed by atoms with Crippen LogP contribution in [0, 0.1) is 0 Å². The summed E-state index contributed by atoms with van der Waals surface area (Å²) in [5.74, 6) is 1.49. The van der Waals surface area contributed by atoms with Crippen molar-refractivity contribution in [2.45, 2.75) is 6.42 Å². The lowest BCUT2D eigenvalue weighted by Crippen LogP contribution is -1.96. The molecule has 0 aliphatic rings. The number of phenols is 1. The highest BCUT2D eigenvalue weighted by molar-refractivity contribution is 6.06. The minimum atomic E-state index is 0.170. The fourth-order valence-electron chi connectivity index (χ4n) is 2.22. The molecule has 2 aromatic carbocycles. The summed E-state index contributed by atoms with van der Waals surface area (Å²) in [5, 5.41) is 9.31. The van der Waals surface area contributed by atoms with Crippen molar-refractivity contribution < 1.29 is 19.4 Å². The maximum Gasteiger partial charge on any atom is 0.164 e. The van der Waals surface area contributed by atoms with Crippen LogP contribution in [-0.2, 0) is 11.2 Å². The molecular formula is C18H18O4. The Hall–Kier alpha value is -2.75. The minimum Gasteiger partial charge on any atom is -0.508 e. The summed E-state index contributed by atoms with van der Waals surface area (Å²) in [6, 6.07) is 12.2. The summed E-state index contributed by atoms with van der Waals surface area (Å²) in [6.45, 7) is 0. The second-order valence-electron chi connectivity index (χ2n) is 4.68. The lowest BCUT2D eigenvalue weighted by Gasteiger charge is -2.11. The summed E-state index contributed by atoms with van der Waals surface area (Å²) in [5.41, 5.74) is 2.25. The lowest BCUT2D eigenvalue weighted by atomic mass is 10.0. The molecule has 0 unspecified atom stereocenters. The number of carbonyl (C=O) groups is 1. The van der Waals surface area contributed by atoms with Crippen molar-refractivity contribution in [2.75, 3.05) is 14.2 Å². The third-order valence-corrected chi connectivity index (χ3v) is 3.35. The van der Waals surface area contributed by atoms with Gasteiger partial charge >= 0.3 is 0 Å². The van der Waals surface area contributed by atoms with Crippen molar-refractivity contribution in [3.05, 3.63) is 59.7 Å². The van der Waals surface area contributed by atoms with Crippen LogP contribution in [0.5, 0.6) is 17.2 Å². The average molecular weight is 298 g/mol. The Kier molecular flexibility index (Phi) is 5.20. The predicted molar refractivity (Wildman–Crippen MR) is 85.4 cm³/mol. The van der Waals surface area contributed by atoms with E-state index < -0.39 is 0 Å². The number of allylic oxidation sites excluding steroid dienone is 2. The van der Waals surface area contributed by atoms with Gasteiger partial charge in [0.05, 0.1) is 14.2 Å². The van der Waals surface area contributed by atoms with Crippen LogP contribution in [-0.4, -0.2) is 25.6 Å². The van der Waals surface area contributed by atoms with Gasteiger partial charge in [-0.2, -0.15) is 0 Å². The highest BCUT2D eigenvalue weighted by Crippen LogP contribution is 2.31. The average Bonchev–Trinajstić information content (AvgIpc) is 2.56. The van der Waals surface area contributed by atoms with E-state index in [1.165, 1.54) is 0 Å². The van der Waals surface area contributed by atoms with E-state index in [2.05, 4.69) is 0 Å². The van der Waals surface area contributed by atoms with E-state index in [-0.39, 0.29) is 5.75 Å². The summed E-state index contributed by atoms with van der Waals surface area (Å²) in [7, 11) is 3.18. The van der Waals surface area contributed by atoms with Crippen LogP contribution < -0.4 is 9.47 Å². The zero-order valence-electron chi connectivity index (χ0n) is 12.6. The van der Waals surface area contributed by atoms with E-state index in [0.29, 0.717) is 23.5 Å². The number of rotatable bonds is 6. The maximum absolute atomic E-state index is 11.3. The molecule has 4 nitrogen and oxygen atoms in total. The number of hydrogen-bond acceptors (Lipinski definition) is 4. The number of ether oxygens (including phenoxy) is 2. The van der Waals surface area contributed by atoms with Crippen molar-refractivity contribution in [3.8, 4) is 17.2 Å². The highest BCUT2D eigenvalue weighted by Gasteiger charge is 2.09. The number of benzene rings is 2. The van der Waals surface area contributed by atoms with E-state index in [1.54, 1.807) is 38.5 Å². The molecule has 0 saturated heterocycles. The van der Waals surface area contributed by atoms with Crippen LogP contribution in [0.15, 0.2) is 48.5 Å². The molecule has 0 bridgehead atoms. The van der Waals surface area contributed by atoms with E-state index in [9.17, 15) is 9.90 Å². The van der Waals surface area contributed by atoms with Gasteiger partial charge in [-0.3, -0.25) is 4.79 Å². The van der Waals surface area contributed by atoms with Gasteiger partial charge in [-0.25, -0.2) is 0 Å². The molecule has 0 saturated carbocycles. The number of methoxy groups -OCH3 is 2. The molecule has 2 rings (SSSR count). The topological polar surface area (TPSA) is 55.8 Å². The molecule has 0 aromatic heterocycles. The number of hydrogen-bond donors (Lipinski definition) is 1. The Morgan fingerprint density at radius 1 is 1.09 bits per heavy atom. The third kappa shape index (κ3) is 3.47. The van der Waals surface area contributed by atoms with Gasteiger partial charge < -0.3 is 14.6 Å². The number of para-hydroxylation sites is 1. The summed E-state index contributed by atoms with van der Waals surface area (Å²) in [4.78, 5) is 11.3. The van der Waals surface area contributed by atoms with Crippen LogP contribution in [0.3, 0.4) is 0 Å². The zero-order chi connectivity index (χ0) is 15.9. The molecule has 0 spiro atoms. The lowest BCUT2D eigenvalue weighted by molar-refractivity contribution is -0.103. The van der Waals surface area contributed by atoms with Crippen LogP contribution in [0.25, 0.3) is 5.57 Å².